The van der Waals surface area contributed by atoms with Crippen molar-refractivity contribution in [2.45, 2.75) is 25.7 Å². The Kier molecular flexibility index (Phi) is 4.14. The van der Waals surface area contributed by atoms with E-state index < -0.39 is 5.41 Å². The van der Waals surface area contributed by atoms with E-state index in [4.69, 9.17) is 5.73 Å². The van der Waals surface area contributed by atoms with Crippen LogP contribution in [0.4, 0.5) is 11.4 Å². The summed E-state index contributed by atoms with van der Waals surface area (Å²) < 4.78 is 0.0561. The van der Waals surface area contributed by atoms with Crippen molar-refractivity contribution in [3.8, 4) is 0 Å². The van der Waals surface area contributed by atoms with E-state index in [-0.39, 0.29) is 10.6 Å². The Morgan fingerprint density at radius 1 is 1.33 bits per heavy atom. The first kappa shape index (κ1) is 17.5. The molecular formula is C18H23N8O+. The molecule has 0 aromatic heterocycles. The molecule has 1 atom stereocenters. The smallest absolute Gasteiger partial charge is 0.301 e. The number of nitrogens with one attached hydrogen (secondary N) is 3. The Morgan fingerprint density at radius 3 is 3.00 bits per heavy atom. The van der Waals surface area contributed by atoms with Crippen molar-refractivity contribution in [1.29, 1.82) is 0 Å². The van der Waals surface area contributed by atoms with Crippen molar-refractivity contribution in [1.82, 2.24) is 5.43 Å². The second kappa shape index (κ2) is 6.38. The molecule has 0 saturated carbocycles. The number of rotatable bonds is 5. The molecule has 0 radical (unpaired) electrons. The van der Waals surface area contributed by atoms with Gasteiger partial charge < -0.3 is 16.4 Å². The van der Waals surface area contributed by atoms with E-state index in [1.165, 1.54) is 0 Å². The van der Waals surface area contributed by atoms with Gasteiger partial charge >= 0.3 is 5.84 Å². The zero-order chi connectivity index (χ0) is 19.1. The summed E-state index contributed by atoms with van der Waals surface area (Å²) >= 11 is 0. The summed E-state index contributed by atoms with van der Waals surface area (Å²) in [4.78, 5) is 20.8. The number of quaternary nitrogens is 1. The van der Waals surface area contributed by atoms with E-state index in [9.17, 15) is 4.79 Å². The highest BCUT2D eigenvalue weighted by Gasteiger charge is 2.41. The Bertz CT molecular complexity index is 914. The van der Waals surface area contributed by atoms with E-state index in [2.05, 4.69) is 31.1 Å². The van der Waals surface area contributed by atoms with Crippen LogP contribution in [-0.2, 0) is 10.2 Å². The standard InChI is InChI=1S/C18H22N8O/c1-18(2)13-5-4-12(10-14(13)23-16(18)27)22-17-24-15-11-20-8-9-26(15,25-17)21-7-3-6-19/h4-5,8-11,21H,3,6-7,19H2,1-2H3,(H-,22,23,25,27)/p+1. The minimum absolute atomic E-state index is 0.000178. The Hall–Kier alpha value is -2.88. The number of amidine groups is 1. The summed E-state index contributed by atoms with van der Waals surface area (Å²) in [6, 6.07) is 5.78. The third kappa shape index (κ3) is 2.95. The number of nitrogens with two attached hydrogens (primary N) is 1. The number of anilines is 2. The van der Waals surface area contributed by atoms with Crippen LogP contribution < -0.4 is 21.8 Å². The van der Waals surface area contributed by atoms with Crippen molar-refractivity contribution < 1.29 is 9.50 Å². The molecule has 27 heavy (non-hydrogen) atoms. The second-order valence-corrected chi connectivity index (χ2v) is 7.17. The molecule has 1 aromatic carbocycles. The number of nitrogens with zero attached hydrogens (tertiary/aromatic N) is 4. The number of guanidine groups is 1. The number of fused-ring (bicyclic) bond motifs is 2. The van der Waals surface area contributed by atoms with Crippen molar-refractivity contribution in [3.05, 3.63) is 36.2 Å². The molecule has 1 unspecified atom stereocenters. The van der Waals surface area contributed by atoms with Crippen LogP contribution >= 0.6 is 0 Å². The summed E-state index contributed by atoms with van der Waals surface area (Å²) in [7, 11) is 0. The molecule has 9 nitrogen and oxygen atoms in total. The number of hydrogen-bond acceptors (Lipinski definition) is 7. The van der Waals surface area contributed by atoms with Crippen LogP contribution in [0.3, 0.4) is 0 Å². The SMILES string of the molecule is CC1(C)C(=O)Nc2cc(NC3=N[N+]4(NCCCN)C=CN=CC4=N3)ccc21. The zero-order valence-electron chi connectivity index (χ0n) is 15.4. The topological polar surface area (TPSA) is 116 Å². The Morgan fingerprint density at radius 2 is 2.19 bits per heavy atom. The monoisotopic (exact) mass is 367 g/mol. The molecule has 5 N–H and O–H groups in total. The molecule has 3 aliphatic rings. The number of carbonyl (C=O) groups is 1. The van der Waals surface area contributed by atoms with Gasteiger partial charge in [-0.05, 0) is 54.3 Å². The van der Waals surface area contributed by atoms with Crippen LogP contribution in [-0.4, -0.2) is 41.7 Å². The van der Waals surface area contributed by atoms with Gasteiger partial charge in [-0.2, -0.15) is 0 Å². The van der Waals surface area contributed by atoms with Gasteiger partial charge in [0, 0.05) is 17.9 Å². The third-order valence-corrected chi connectivity index (χ3v) is 4.88. The van der Waals surface area contributed by atoms with E-state index in [0.29, 0.717) is 24.9 Å². The highest BCUT2D eigenvalue weighted by atomic mass is 16.2. The second-order valence-electron chi connectivity index (χ2n) is 7.17. The predicted octanol–water partition coefficient (Wildman–Crippen LogP) is 1.24. The largest absolute Gasteiger partial charge is 0.330 e. The normalized spacial score (nSPS) is 24.2. The van der Waals surface area contributed by atoms with Gasteiger partial charge in [-0.3, -0.25) is 9.79 Å². The Labute approximate surface area is 157 Å². The van der Waals surface area contributed by atoms with E-state index in [1.54, 1.807) is 12.4 Å². The van der Waals surface area contributed by atoms with Gasteiger partial charge in [-0.25, -0.2) is 0 Å². The van der Waals surface area contributed by atoms with Gasteiger partial charge in [0.2, 0.25) is 5.91 Å². The third-order valence-electron chi connectivity index (χ3n) is 4.88. The molecule has 0 bridgehead atoms. The van der Waals surface area contributed by atoms with Gasteiger partial charge in [0.15, 0.2) is 6.20 Å². The van der Waals surface area contributed by atoms with Crippen LogP contribution in [0.15, 0.2) is 45.7 Å². The van der Waals surface area contributed by atoms with Crippen LogP contribution in [0.2, 0.25) is 0 Å². The summed E-state index contributed by atoms with van der Waals surface area (Å²) in [5.41, 5.74) is 11.0. The first-order valence-electron chi connectivity index (χ1n) is 8.92. The summed E-state index contributed by atoms with van der Waals surface area (Å²) in [5, 5.41) is 10.8. The molecule has 4 rings (SSSR count). The minimum Gasteiger partial charge on any atom is -0.330 e. The van der Waals surface area contributed by atoms with Gasteiger partial charge in [-0.1, -0.05) is 6.07 Å². The van der Waals surface area contributed by atoms with Gasteiger partial charge in [0.25, 0.3) is 5.96 Å². The molecule has 3 aliphatic heterocycles. The first-order valence-corrected chi connectivity index (χ1v) is 8.92. The maximum atomic E-state index is 12.1. The number of carbonyl (C=O) groups excluding carboxylic acids is 1. The van der Waals surface area contributed by atoms with E-state index >= 15 is 0 Å². The lowest BCUT2D eigenvalue weighted by Gasteiger charge is -2.23. The molecule has 0 saturated heterocycles. The van der Waals surface area contributed by atoms with Crippen molar-refractivity contribution >= 4 is 35.3 Å². The quantitative estimate of drug-likeness (QED) is 0.463. The summed E-state index contributed by atoms with van der Waals surface area (Å²) in [5.74, 6) is 1.14. The summed E-state index contributed by atoms with van der Waals surface area (Å²) in [6.07, 6.45) is 6.03. The zero-order valence-corrected chi connectivity index (χ0v) is 15.4. The van der Waals surface area contributed by atoms with E-state index in [1.807, 2.05) is 38.2 Å². The molecule has 1 amide bonds. The maximum Gasteiger partial charge on any atom is 0.301 e. The molecule has 9 heteroatoms. The minimum atomic E-state index is -0.525. The van der Waals surface area contributed by atoms with Crippen LogP contribution in [0, 0.1) is 0 Å². The molecule has 1 aromatic rings. The van der Waals surface area contributed by atoms with Crippen molar-refractivity contribution in [2.75, 3.05) is 23.7 Å². The van der Waals surface area contributed by atoms with Crippen LogP contribution in [0.1, 0.15) is 25.8 Å². The number of hydrogen-bond donors (Lipinski definition) is 4. The van der Waals surface area contributed by atoms with Crippen molar-refractivity contribution in [3.63, 3.8) is 0 Å². The molecule has 3 heterocycles. The van der Waals surface area contributed by atoms with Crippen molar-refractivity contribution in [2.24, 2.45) is 20.8 Å². The molecular weight excluding hydrogens is 344 g/mol. The van der Waals surface area contributed by atoms with Gasteiger partial charge in [-0.15, -0.1) is 10.4 Å². The van der Waals surface area contributed by atoms with Crippen LogP contribution in [0.25, 0.3) is 0 Å². The maximum absolute atomic E-state index is 12.1. The number of amides is 1. The average molecular weight is 367 g/mol. The molecule has 0 spiro atoms. The molecule has 0 fully saturated rings. The lowest BCUT2D eigenvalue weighted by molar-refractivity contribution is -0.839. The number of benzene rings is 1. The molecule has 140 valence electrons. The lowest BCUT2D eigenvalue weighted by atomic mass is 9.86. The fourth-order valence-electron chi connectivity index (χ4n) is 3.25. The fourth-order valence-corrected chi connectivity index (χ4v) is 3.25. The van der Waals surface area contributed by atoms with Gasteiger partial charge in [0.05, 0.1) is 11.6 Å². The molecule has 0 aliphatic carbocycles. The first-order chi connectivity index (χ1) is 12.9. The average Bonchev–Trinajstić information content (AvgIpc) is 3.09. The highest BCUT2D eigenvalue weighted by Crippen LogP contribution is 2.38. The van der Waals surface area contributed by atoms with Crippen LogP contribution in [0.5, 0.6) is 0 Å². The number of aliphatic imine (C=N–C) groups is 2. The fraction of sp³-hybridized carbons (Fsp3) is 0.333. The Balaban J connectivity index is 1.57. The summed E-state index contributed by atoms with van der Waals surface area (Å²) in [6.45, 7) is 5.13. The lowest BCUT2D eigenvalue weighted by Crippen LogP contribution is -2.54. The van der Waals surface area contributed by atoms with E-state index in [0.717, 1.165) is 23.4 Å². The predicted molar refractivity (Wildman–Crippen MR) is 106 cm³/mol. The highest BCUT2D eigenvalue weighted by molar-refractivity contribution is 6.30. The van der Waals surface area contributed by atoms with Gasteiger partial charge in [0.1, 0.15) is 6.21 Å².